The lowest BCUT2D eigenvalue weighted by Crippen LogP contribution is -2.65. The van der Waals surface area contributed by atoms with Crippen molar-refractivity contribution in [3.8, 4) is 0 Å². The zero-order chi connectivity index (χ0) is 15.0. The molecule has 2 fully saturated rings. The summed E-state index contributed by atoms with van der Waals surface area (Å²) in [6.07, 6.45) is 9.47. The molecule has 2 aliphatic rings. The topological polar surface area (TPSA) is 33.7 Å². The van der Waals surface area contributed by atoms with Crippen molar-refractivity contribution in [3.63, 3.8) is 0 Å². The van der Waals surface area contributed by atoms with E-state index in [1.807, 2.05) is 0 Å². The smallest absolute Gasteiger partial charge is 0.0700 e. The zero-order valence-corrected chi connectivity index (χ0v) is 14.0. The average molecular weight is 298 g/mol. The predicted molar refractivity (Wildman–Crippen MR) is 86.8 cm³/mol. The van der Waals surface area contributed by atoms with E-state index in [0.29, 0.717) is 24.8 Å². The minimum Gasteiger partial charge on any atom is -0.382 e. The predicted octanol–water partition coefficient (Wildman–Crippen LogP) is 2.43. The van der Waals surface area contributed by atoms with E-state index >= 15 is 0 Å². The standard InChI is InChI=1S/C17H34N2O2/c1-3-7-16-14-19(10-11-21-13-12-20-2)17(15-18-16)8-5-4-6-9-17/h16,18H,3-15H2,1-2H3. The van der Waals surface area contributed by atoms with Gasteiger partial charge in [0, 0.05) is 38.3 Å². The van der Waals surface area contributed by atoms with Gasteiger partial charge in [0.1, 0.15) is 0 Å². The zero-order valence-electron chi connectivity index (χ0n) is 14.0. The maximum Gasteiger partial charge on any atom is 0.0700 e. The van der Waals surface area contributed by atoms with Crippen molar-refractivity contribution in [2.75, 3.05) is 46.6 Å². The molecule has 1 aliphatic heterocycles. The third-order valence-electron chi connectivity index (χ3n) is 5.19. The van der Waals surface area contributed by atoms with Gasteiger partial charge in [-0.15, -0.1) is 0 Å². The minimum atomic E-state index is 0.410. The molecule has 0 amide bonds. The lowest BCUT2D eigenvalue weighted by molar-refractivity contribution is -0.0179. The second-order valence-electron chi connectivity index (χ2n) is 6.70. The van der Waals surface area contributed by atoms with Gasteiger partial charge in [-0.05, 0) is 19.3 Å². The Balaban J connectivity index is 1.85. The van der Waals surface area contributed by atoms with E-state index in [9.17, 15) is 0 Å². The second-order valence-corrected chi connectivity index (χ2v) is 6.70. The van der Waals surface area contributed by atoms with Crippen LogP contribution < -0.4 is 5.32 Å². The molecule has 4 heteroatoms. The van der Waals surface area contributed by atoms with Crippen molar-refractivity contribution < 1.29 is 9.47 Å². The van der Waals surface area contributed by atoms with Crippen LogP contribution in [-0.2, 0) is 9.47 Å². The third-order valence-corrected chi connectivity index (χ3v) is 5.19. The van der Waals surface area contributed by atoms with Crippen LogP contribution in [0.2, 0.25) is 0 Å². The van der Waals surface area contributed by atoms with Gasteiger partial charge in [-0.25, -0.2) is 0 Å². The minimum absolute atomic E-state index is 0.410. The molecular formula is C17H34N2O2. The van der Waals surface area contributed by atoms with E-state index in [1.165, 1.54) is 58.0 Å². The molecule has 0 aromatic rings. The molecule has 124 valence electrons. The Morgan fingerprint density at radius 2 is 1.95 bits per heavy atom. The molecule has 0 aromatic carbocycles. The molecule has 2 rings (SSSR count). The Labute approximate surface area is 130 Å². The summed E-state index contributed by atoms with van der Waals surface area (Å²) in [5.74, 6) is 0. The largest absolute Gasteiger partial charge is 0.382 e. The van der Waals surface area contributed by atoms with Gasteiger partial charge in [0.2, 0.25) is 0 Å². The van der Waals surface area contributed by atoms with Gasteiger partial charge in [-0.1, -0.05) is 32.6 Å². The molecule has 1 saturated carbocycles. The van der Waals surface area contributed by atoms with E-state index in [1.54, 1.807) is 7.11 Å². The van der Waals surface area contributed by atoms with Crippen molar-refractivity contribution in [2.24, 2.45) is 0 Å². The van der Waals surface area contributed by atoms with Crippen molar-refractivity contribution in [3.05, 3.63) is 0 Å². The van der Waals surface area contributed by atoms with Crippen LogP contribution in [0.4, 0.5) is 0 Å². The first kappa shape index (κ1) is 17.2. The first-order valence-corrected chi connectivity index (χ1v) is 8.86. The summed E-state index contributed by atoms with van der Waals surface area (Å²) in [6.45, 7) is 7.98. The van der Waals surface area contributed by atoms with Crippen LogP contribution in [0.3, 0.4) is 0 Å². The number of nitrogens with zero attached hydrogens (tertiary/aromatic N) is 1. The van der Waals surface area contributed by atoms with Gasteiger partial charge < -0.3 is 14.8 Å². The summed E-state index contributed by atoms with van der Waals surface area (Å²) in [6, 6.07) is 0.668. The number of nitrogens with one attached hydrogen (secondary N) is 1. The molecule has 1 heterocycles. The van der Waals surface area contributed by atoms with Crippen LogP contribution >= 0.6 is 0 Å². The van der Waals surface area contributed by atoms with Gasteiger partial charge in [-0.3, -0.25) is 4.90 Å². The number of hydrogen-bond donors (Lipinski definition) is 1. The highest BCUT2D eigenvalue weighted by Gasteiger charge is 2.41. The Morgan fingerprint density at radius 3 is 2.67 bits per heavy atom. The number of piperazine rings is 1. The van der Waals surface area contributed by atoms with Crippen LogP contribution in [0.1, 0.15) is 51.9 Å². The first-order chi connectivity index (χ1) is 10.3. The van der Waals surface area contributed by atoms with Gasteiger partial charge >= 0.3 is 0 Å². The van der Waals surface area contributed by atoms with Crippen LogP contribution in [0.25, 0.3) is 0 Å². The maximum atomic E-state index is 5.72. The third kappa shape index (κ3) is 4.92. The number of hydrogen-bond acceptors (Lipinski definition) is 4. The lowest BCUT2D eigenvalue weighted by atomic mass is 9.78. The van der Waals surface area contributed by atoms with Gasteiger partial charge in [-0.2, -0.15) is 0 Å². The molecule has 1 atom stereocenters. The fraction of sp³-hybridized carbons (Fsp3) is 1.00. The average Bonchev–Trinajstić information content (AvgIpc) is 2.51. The molecule has 1 aliphatic carbocycles. The quantitative estimate of drug-likeness (QED) is 0.698. The molecule has 0 radical (unpaired) electrons. The van der Waals surface area contributed by atoms with Gasteiger partial charge in [0.15, 0.2) is 0 Å². The molecule has 1 saturated heterocycles. The van der Waals surface area contributed by atoms with E-state index in [-0.39, 0.29) is 0 Å². The summed E-state index contributed by atoms with van der Waals surface area (Å²) in [5, 5.41) is 3.82. The van der Waals surface area contributed by atoms with Crippen molar-refractivity contribution >= 4 is 0 Å². The highest BCUT2D eigenvalue weighted by molar-refractivity contribution is 5.00. The number of methoxy groups -OCH3 is 1. The van der Waals surface area contributed by atoms with Crippen LogP contribution in [0, 0.1) is 0 Å². The first-order valence-electron chi connectivity index (χ1n) is 8.86. The highest BCUT2D eigenvalue weighted by Crippen LogP contribution is 2.35. The molecular weight excluding hydrogens is 264 g/mol. The summed E-state index contributed by atoms with van der Waals surface area (Å²) >= 11 is 0. The van der Waals surface area contributed by atoms with E-state index < -0.39 is 0 Å². The lowest BCUT2D eigenvalue weighted by Gasteiger charge is -2.52. The van der Waals surface area contributed by atoms with Crippen LogP contribution in [0.15, 0.2) is 0 Å². The van der Waals surface area contributed by atoms with E-state index in [0.717, 1.165) is 13.2 Å². The van der Waals surface area contributed by atoms with Crippen molar-refractivity contribution in [2.45, 2.75) is 63.5 Å². The molecule has 1 N–H and O–H groups in total. The van der Waals surface area contributed by atoms with Crippen molar-refractivity contribution in [1.29, 1.82) is 0 Å². The molecule has 0 bridgehead atoms. The maximum absolute atomic E-state index is 5.72. The highest BCUT2D eigenvalue weighted by atomic mass is 16.5. The fourth-order valence-electron chi connectivity index (χ4n) is 3.96. The summed E-state index contributed by atoms with van der Waals surface area (Å²) in [5.41, 5.74) is 0.410. The monoisotopic (exact) mass is 298 g/mol. The van der Waals surface area contributed by atoms with Crippen molar-refractivity contribution in [1.82, 2.24) is 10.2 Å². The Morgan fingerprint density at radius 1 is 1.14 bits per heavy atom. The molecule has 21 heavy (non-hydrogen) atoms. The summed E-state index contributed by atoms with van der Waals surface area (Å²) in [4.78, 5) is 2.75. The Hall–Kier alpha value is -0.160. The molecule has 0 aromatic heterocycles. The van der Waals surface area contributed by atoms with Crippen LogP contribution in [-0.4, -0.2) is 63.0 Å². The Kier molecular flexibility index (Phi) is 7.44. The SMILES string of the molecule is CCCC1CN(CCOCCOC)C2(CCCCC2)CN1. The normalized spacial score (nSPS) is 26.3. The second kappa shape index (κ2) is 9.09. The van der Waals surface area contributed by atoms with Crippen LogP contribution in [0.5, 0.6) is 0 Å². The summed E-state index contributed by atoms with van der Waals surface area (Å²) in [7, 11) is 1.73. The fourth-order valence-corrected chi connectivity index (χ4v) is 3.96. The number of rotatable bonds is 8. The Bertz CT molecular complexity index is 280. The van der Waals surface area contributed by atoms with E-state index in [4.69, 9.17) is 9.47 Å². The van der Waals surface area contributed by atoms with Gasteiger partial charge in [0.05, 0.1) is 19.8 Å². The summed E-state index contributed by atoms with van der Waals surface area (Å²) < 4.78 is 10.8. The number of ether oxygens (including phenoxy) is 2. The molecule has 1 unspecified atom stereocenters. The van der Waals surface area contributed by atoms with Gasteiger partial charge in [0.25, 0.3) is 0 Å². The molecule has 4 nitrogen and oxygen atoms in total. The molecule has 1 spiro atoms. The van der Waals surface area contributed by atoms with E-state index in [2.05, 4.69) is 17.1 Å².